The van der Waals surface area contributed by atoms with Gasteiger partial charge >= 0.3 is 0 Å². The molecule has 1 aromatic heterocycles. The van der Waals surface area contributed by atoms with E-state index in [1.54, 1.807) is 17.5 Å². The van der Waals surface area contributed by atoms with Gasteiger partial charge in [-0.05, 0) is 37.1 Å². The number of carbonyl (C=O) groups excluding carboxylic acids is 1. The zero-order valence-corrected chi connectivity index (χ0v) is 14.6. The van der Waals surface area contributed by atoms with E-state index < -0.39 is 10.0 Å². The van der Waals surface area contributed by atoms with Crippen LogP contribution in [0.4, 0.5) is 0 Å². The van der Waals surface area contributed by atoms with Crippen LogP contribution < -0.4 is 5.32 Å². The number of hydrogen-bond donors (Lipinski definition) is 1. The van der Waals surface area contributed by atoms with Gasteiger partial charge in [0.15, 0.2) is 0 Å². The normalized spacial score (nSPS) is 26.3. The molecule has 0 radical (unpaired) electrons. The largest absolute Gasteiger partial charge is 0.376 e. The van der Waals surface area contributed by atoms with Crippen LogP contribution in [0.2, 0.25) is 0 Å². The number of thiophene rings is 1. The molecule has 1 amide bonds. The van der Waals surface area contributed by atoms with Gasteiger partial charge in [-0.2, -0.15) is 4.31 Å². The molecule has 1 N–H and O–H groups in total. The highest BCUT2D eigenvalue weighted by Crippen LogP contribution is 2.26. The van der Waals surface area contributed by atoms with Crippen LogP contribution in [0.3, 0.4) is 0 Å². The van der Waals surface area contributed by atoms with Gasteiger partial charge in [0.2, 0.25) is 5.91 Å². The Balaban J connectivity index is 1.58. The summed E-state index contributed by atoms with van der Waals surface area (Å²) < 4.78 is 32.4. The summed E-state index contributed by atoms with van der Waals surface area (Å²) in [7, 11) is -3.47. The predicted molar refractivity (Wildman–Crippen MR) is 87.8 cm³/mol. The summed E-state index contributed by atoms with van der Waals surface area (Å²) >= 11 is 1.21. The molecule has 2 fully saturated rings. The van der Waals surface area contributed by atoms with Gasteiger partial charge in [-0.15, -0.1) is 11.3 Å². The molecule has 6 nitrogen and oxygen atoms in total. The van der Waals surface area contributed by atoms with E-state index in [1.807, 2.05) is 0 Å². The fraction of sp³-hybridized carbons (Fsp3) is 0.667. The summed E-state index contributed by atoms with van der Waals surface area (Å²) in [6, 6.07) is 3.34. The molecule has 2 aliphatic heterocycles. The Morgan fingerprint density at radius 2 is 2.26 bits per heavy atom. The van der Waals surface area contributed by atoms with Crippen molar-refractivity contribution in [3.8, 4) is 0 Å². The summed E-state index contributed by atoms with van der Waals surface area (Å²) in [5, 5.41) is 4.67. The van der Waals surface area contributed by atoms with E-state index in [9.17, 15) is 13.2 Å². The standard InChI is InChI=1S/C15H22N2O4S2/c18-15(16-10-13-5-2-8-21-13)12-4-1-7-17(11-12)23(19,20)14-6-3-9-22-14/h3,6,9,12-13H,1-2,4-5,7-8,10-11H2,(H,16,18). The number of amides is 1. The average Bonchev–Trinajstić information content (AvgIpc) is 3.26. The van der Waals surface area contributed by atoms with E-state index in [1.165, 1.54) is 15.6 Å². The van der Waals surface area contributed by atoms with E-state index in [2.05, 4.69) is 5.32 Å². The van der Waals surface area contributed by atoms with E-state index in [4.69, 9.17) is 4.74 Å². The number of carbonyl (C=O) groups is 1. The van der Waals surface area contributed by atoms with Gasteiger partial charge in [-0.25, -0.2) is 8.42 Å². The summed E-state index contributed by atoms with van der Waals surface area (Å²) in [6.07, 6.45) is 3.56. The first kappa shape index (κ1) is 16.9. The minimum Gasteiger partial charge on any atom is -0.376 e. The van der Waals surface area contributed by atoms with Crippen molar-refractivity contribution in [2.45, 2.75) is 36.0 Å². The maximum atomic E-state index is 12.6. The molecule has 0 saturated carbocycles. The molecule has 2 saturated heterocycles. The van der Waals surface area contributed by atoms with E-state index in [-0.39, 0.29) is 24.5 Å². The molecule has 2 atom stereocenters. The third-order valence-electron chi connectivity index (χ3n) is 4.37. The van der Waals surface area contributed by atoms with E-state index in [0.717, 1.165) is 25.9 Å². The molecule has 0 spiro atoms. The Kier molecular flexibility index (Phi) is 5.35. The molecule has 8 heteroatoms. The Morgan fingerprint density at radius 3 is 2.96 bits per heavy atom. The monoisotopic (exact) mass is 358 g/mol. The Hall–Kier alpha value is -0.960. The highest BCUT2D eigenvalue weighted by molar-refractivity contribution is 7.91. The molecule has 0 aliphatic carbocycles. The van der Waals surface area contributed by atoms with Crippen LogP contribution in [0.25, 0.3) is 0 Å². The molecule has 23 heavy (non-hydrogen) atoms. The number of nitrogens with one attached hydrogen (secondary N) is 1. The number of nitrogens with zero attached hydrogens (tertiary/aromatic N) is 1. The predicted octanol–water partition coefficient (Wildman–Crippen LogP) is 1.44. The molecule has 2 aliphatic rings. The van der Waals surface area contributed by atoms with Gasteiger partial charge in [0.05, 0.1) is 12.0 Å². The Labute approximate surface area is 140 Å². The van der Waals surface area contributed by atoms with Gasteiger partial charge in [0.1, 0.15) is 4.21 Å². The second-order valence-electron chi connectivity index (χ2n) is 6.01. The van der Waals surface area contributed by atoms with Crippen LogP contribution in [0.5, 0.6) is 0 Å². The van der Waals surface area contributed by atoms with Gasteiger partial charge in [0, 0.05) is 26.2 Å². The lowest BCUT2D eigenvalue weighted by Gasteiger charge is -2.31. The van der Waals surface area contributed by atoms with Crippen LogP contribution in [0, 0.1) is 5.92 Å². The summed E-state index contributed by atoms with van der Waals surface area (Å²) in [4.78, 5) is 12.3. The van der Waals surface area contributed by atoms with Gasteiger partial charge in [-0.1, -0.05) is 6.07 Å². The minimum absolute atomic E-state index is 0.0634. The maximum Gasteiger partial charge on any atom is 0.252 e. The topological polar surface area (TPSA) is 75.7 Å². The summed E-state index contributed by atoms with van der Waals surface area (Å²) in [6.45, 7) is 2.02. The Morgan fingerprint density at radius 1 is 1.39 bits per heavy atom. The van der Waals surface area contributed by atoms with Gasteiger partial charge in [0.25, 0.3) is 10.0 Å². The zero-order chi connectivity index (χ0) is 16.3. The van der Waals surface area contributed by atoms with Gasteiger partial charge in [-0.3, -0.25) is 4.79 Å². The van der Waals surface area contributed by atoms with E-state index >= 15 is 0 Å². The van der Waals surface area contributed by atoms with Crippen molar-refractivity contribution in [2.24, 2.45) is 5.92 Å². The second-order valence-corrected chi connectivity index (χ2v) is 9.13. The number of sulfonamides is 1. The quantitative estimate of drug-likeness (QED) is 0.864. The van der Waals surface area contributed by atoms with Crippen molar-refractivity contribution in [2.75, 3.05) is 26.2 Å². The van der Waals surface area contributed by atoms with Crippen molar-refractivity contribution >= 4 is 27.3 Å². The van der Waals surface area contributed by atoms with Crippen molar-refractivity contribution in [1.82, 2.24) is 9.62 Å². The molecular weight excluding hydrogens is 336 g/mol. The number of hydrogen-bond acceptors (Lipinski definition) is 5. The lowest BCUT2D eigenvalue weighted by Crippen LogP contribution is -2.46. The number of piperidine rings is 1. The second kappa shape index (κ2) is 7.29. The first-order valence-corrected chi connectivity index (χ1v) is 10.3. The fourth-order valence-electron chi connectivity index (χ4n) is 3.08. The minimum atomic E-state index is -3.47. The third-order valence-corrected chi connectivity index (χ3v) is 7.61. The lowest BCUT2D eigenvalue weighted by molar-refractivity contribution is -0.126. The SMILES string of the molecule is O=C(NCC1CCCO1)C1CCCN(S(=O)(=O)c2cccs2)C1. The Bertz CT molecular complexity index is 624. The molecule has 0 aromatic carbocycles. The van der Waals surface area contributed by atoms with Crippen LogP contribution >= 0.6 is 11.3 Å². The molecule has 2 unspecified atom stereocenters. The zero-order valence-electron chi connectivity index (χ0n) is 12.9. The molecule has 3 rings (SSSR count). The maximum absolute atomic E-state index is 12.6. The van der Waals surface area contributed by atoms with Crippen LogP contribution in [-0.4, -0.2) is 51.0 Å². The van der Waals surface area contributed by atoms with Crippen molar-refractivity contribution in [1.29, 1.82) is 0 Å². The third kappa shape index (κ3) is 3.93. The first-order chi connectivity index (χ1) is 11.1. The molecule has 1 aromatic rings. The molecule has 0 bridgehead atoms. The van der Waals surface area contributed by atoms with E-state index in [0.29, 0.717) is 23.7 Å². The van der Waals surface area contributed by atoms with Crippen LogP contribution in [0.15, 0.2) is 21.7 Å². The molecule has 128 valence electrons. The molecule has 3 heterocycles. The van der Waals surface area contributed by atoms with Crippen molar-refractivity contribution in [3.63, 3.8) is 0 Å². The lowest BCUT2D eigenvalue weighted by atomic mass is 9.99. The highest BCUT2D eigenvalue weighted by atomic mass is 32.2. The van der Waals surface area contributed by atoms with Crippen LogP contribution in [-0.2, 0) is 19.6 Å². The molecular formula is C15H22N2O4S2. The van der Waals surface area contributed by atoms with Crippen LogP contribution in [0.1, 0.15) is 25.7 Å². The van der Waals surface area contributed by atoms with Gasteiger partial charge < -0.3 is 10.1 Å². The van der Waals surface area contributed by atoms with Crippen molar-refractivity contribution in [3.05, 3.63) is 17.5 Å². The fourth-order valence-corrected chi connectivity index (χ4v) is 5.74. The number of ether oxygens (including phenoxy) is 1. The smallest absolute Gasteiger partial charge is 0.252 e. The average molecular weight is 358 g/mol. The summed E-state index contributed by atoms with van der Waals surface area (Å²) in [5.74, 6) is -0.341. The first-order valence-electron chi connectivity index (χ1n) is 8.00. The number of rotatable bonds is 5. The van der Waals surface area contributed by atoms with Crippen molar-refractivity contribution < 1.29 is 17.9 Å². The highest BCUT2D eigenvalue weighted by Gasteiger charge is 2.34. The summed E-state index contributed by atoms with van der Waals surface area (Å²) in [5.41, 5.74) is 0.